The number of pyridine rings is 2. The van der Waals surface area contributed by atoms with Gasteiger partial charge in [-0.3, -0.25) is 4.98 Å². The van der Waals surface area contributed by atoms with Gasteiger partial charge in [-0.2, -0.15) is 5.26 Å². The number of fused-ring (bicyclic) bond motifs is 1. The highest BCUT2D eigenvalue weighted by Gasteiger charge is 2.11. The molecule has 4 nitrogen and oxygen atoms in total. The van der Waals surface area contributed by atoms with E-state index in [-0.39, 0.29) is 11.4 Å². The highest BCUT2D eigenvalue weighted by molar-refractivity contribution is 9.10. The summed E-state index contributed by atoms with van der Waals surface area (Å²) in [6.45, 7) is 0. The van der Waals surface area contributed by atoms with Gasteiger partial charge >= 0.3 is 0 Å². The Labute approximate surface area is 88.0 Å². The largest absolute Gasteiger partial charge is 0.503 e. The number of hydrogen-bond acceptors (Lipinski definition) is 4. The Morgan fingerprint density at radius 1 is 1.50 bits per heavy atom. The van der Waals surface area contributed by atoms with Crippen LogP contribution in [-0.2, 0) is 0 Å². The molecule has 0 fully saturated rings. The van der Waals surface area contributed by atoms with Crippen molar-refractivity contribution >= 4 is 26.8 Å². The number of nitrogens with zero attached hydrogens (tertiary/aromatic N) is 3. The van der Waals surface area contributed by atoms with Gasteiger partial charge in [0.2, 0.25) is 0 Å². The predicted molar refractivity (Wildman–Crippen MR) is 53.6 cm³/mol. The molecular formula is C9H4BrN3O. The summed E-state index contributed by atoms with van der Waals surface area (Å²) in [6.07, 6.45) is 1.55. The first kappa shape index (κ1) is 8.91. The molecule has 5 heteroatoms. The lowest BCUT2D eigenvalue weighted by atomic mass is 10.2. The molecule has 0 unspecified atom stereocenters. The maximum Gasteiger partial charge on any atom is 0.185 e. The zero-order chi connectivity index (χ0) is 10.1. The van der Waals surface area contributed by atoms with Crippen LogP contribution in [0.5, 0.6) is 5.75 Å². The van der Waals surface area contributed by atoms with Gasteiger partial charge in [0.15, 0.2) is 11.4 Å². The zero-order valence-corrected chi connectivity index (χ0v) is 8.48. The molecule has 14 heavy (non-hydrogen) atoms. The Kier molecular flexibility index (Phi) is 2.06. The molecule has 0 bridgehead atoms. The van der Waals surface area contributed by atoms with E-state index in [0.29, 0.717) is 15.5 Å². The third kappa shape index (κ3) is 1.20. The maximum atomic E-state index is 9.61. The summed E-state index contributed by atoms with van der Waals surface area (Å²) in [5.41, 5.74) is 0.356. The molecule has 0 saturated heterocycles. The topological polar surface area (TPSA) is 69.8 Å². The van der Waals surface area contributed by atoms with Gasteiger partial charge in [0.05, 0.1) is 0 Å². The van der Waals surface area contributed by atoms with Crippen LogP contribution < -0.4 is 0 Å². The van der Waals surface area contributed by atoms with Gasteiger partial charge in [-0.15, -0.1) is 0 Å². The van der Waals surface area contributed by atoms with Crippen LogP contribution in [0.15, 0.2) is 22.9 Å². The van der Waals surface area contributed by atoms with E-state index in [1.54, 1.807) is 24.4 Å². The molecule has 0 atom stereocenters. The first-order valence-electron chi connectivity index (χ1n) is 3.77. The van der Waals surface area contributed by atoms with Gasteiger partial charge in [-0.1, -0.05) is 0 Å². The average Bonchev–Trinajstić information content (AvgIpc) is 2.23. The summed E-state index contributed by atoms with van der Waals surface area (Å²) in [7, 11) is 0. The van der Waals surface area contributed by atoms with Crippen molar-refractivity contribution in [3.8, 4) is 11.8 Å². The minimum Gasteiger partial charge on any atom is -0.503 e. The zero-order valence-electron chi connectivity index (χ0n) is 6.90. The van der Waals surface area contributed by atoms with Crippen molar-refractivity contribution in [2.75, 3.05) is 0 Å². The van der Waals surface area contributed by atoms with Crippen molar-refractivity contribution < 1.29 is 5.11 Å². The van der Waals surface area contributed by atoms with Crippen LogP contribution >= 0.6 is 15.9 Å². The minimum atomic E-state index is -0.175. The molecule has 1 N–H and O–H groups in total. The molecule has 2 heterocycles. The molecular weight excluding hydrogens is 246 g/mol. The standard InChI is InChI=1S/C9H4BrN3O/c10-9-5-2-1-3-12-7(5)8(14)6(4-11)13-9/h1-3,14H. The summed E-state index contributed by atoms with van der Waals surface area (Å²) in [5, 5.41) is 19.0. The van der Waals surface area contributed by atoms with Crippen LogP contribution in [-0.4, -0.2) is 15.1 Å². The molecule has 2 aromatic rings. The Bertz CT molecular complexity index is 547. The van der Waals surface area contributed by atoms with Crippen LogP contribution in [0, 0.1) is 11.3 Å². The summed E-state index contributed by atoms with van der Waals surface area (Å²) in [4.78, 5) is 7.86. The van der Waals surface area contributed by atoms with E-state index in [1.807, 2.05) is 0 Å². The Morgan fingerprint density at radius 3 is 3.00 bits per heavy atom. The van der Waals surface area contributed by atoms with Crippen LogP contribution in [0.3, 0.4) is 0 Å². The van der Waals surface area contributed by atoms with Crippen molar-refractivity contribution in [1.82, 2.24) is 9.97 Å². The molecule has 2 rings (SSSR count). The monoisotopic (exact) mass is 249 g/mol. The van der Waals surface area contributed by atoms with Gasteiger partial charge in [-0.05, 0) is 28.1 Å². The van der Waals surface area contributed by atoms with E-state index in [4.69, 9.17) is 5.26 Å². The minimum absolute atomic E-state index is 0.0249. The second kappa shape index (κ2) is 3.24. The van der Waals surface area contributed by atoms with E-state index in [1.165, 1.54) is 0 Å². The SMILES string of the molecule is N#Cc1nc(Br)c2cccnc2c1O. The Morgan fingerprint density at radius 2 is 2.29 bits per heavy atom. The number of aromatic nitrogens is 2. The summed E-state index contributed by atoms with van der Waals surface area (Å²) in [6, 6.07) is 5.30. The molecule has 0 aliphatic heterocycles. The predicted octanol–water partition coefficient (Wildman–Crippen LogP) is 1.97. The van der Waals surface area contributed by atoms with Gasteiger partial charge in [0, 0.05) is 11.6 Å². The van der Waals surface area contributed by atoms with E-state index >= 15 is 0 Å². The third-order valence-electron chi connectivity index (χ3n) is 1.79. The smallest absolute Gasteiger partial charge is 0.185 e. The van der Waals surface area contributed by atoms with Gasteiger partial charge in [0.1, 0.15) is 16.2 Å². The molecule has 0 aliphatic rings. The van der Waals surface area contributed by atoms with Crippen molar-refractivity contribution in [2.24, 2.45) is 0 Å². The fourth-order valence-corrected chi connectivity index (χ4v) is 1.66. The molecule has 2 aromatic heterocycles. The van der Waals surface area contributed by atoms with E-state index in [0.717, 1.165) is 0 Å². The molecule has 0 aromatic carbocycles. The highest BCUT2D eigenvalue weighted by atomic mass is 79.9. The average molecular weight is 250 g/mol. The second-order valence-corrected chi connectivity index (χ2v) is 3.36. The summed E-state index contributed by atoms with van der Waals surface area (Å²) in [5.74, 6) is -0.175. The van der Waals surface area contributed by atoms with Crippen molar-refractivity contribution in [3.63, 3.8) is 0 Å². The van der Waals surface area contributed by atoms with Crippen LogP contribution in [0.4, 0.5) is 0 Å². The lowest BCUT2D eigenvalue weighted by molar-refractivity contribution is 0.475. The number of nitriles is 1. The van der Waals surface area contributed by atoms with Crippen LogP contribution in [0.1, 0.15) is 5.69 Å². The Balaban J connectivity index is 2.96. The lowest BCUT2D eigenvalue weighted by Crippen LogP contribution is -1.89. The Hall–Kier alpha value is -1.67. The van der Waals surface area contributed by atoms with Crippen molar-refractivity contribution in [3.05, 3.63) is 28.6 Å². The van der Waals surface area contributed by atoms with E-state index in [9.17, 15) is 5.11 Å². The first-order chi connectivity index (χ1) is 6.74. The van der Waals surface area contributed by atoms with E-state index < -0.39 is 0 Å². The number of halogens is 1. The fourth-order valence-electron chi connectivity index (χ4n) is 1.16. The first-order valence-corrected chi connectivity index (χ1v) is 4.56. The lowest BCUT2D eigenvalue weighted by Gasteiger charge is -2.02. The highest BCUT2D eigenvalue weighted by Crippen LogP contribution is 2.29. The molecule has 0 radical (unpaired) electrons. The molecule has 0 spiro atoms. The third-order valence-corrected chi connectivity index (χ3v) is 2.40. The molecule has 0 saturated carbocycles. The molecule has 68 valence electrons. The van der Waals surface area contributed by atoms with Gasteiger partial charge in [0.25, 0.3) is 0 Å². The summed E-state index contributed by atoms with van der Waals surface area (Å²) < 4.78 is 0.509. The normalized spacial score (nSPS) is 10.0. The van der Waals surface area contributed by atoms with Gasteiger partial charge < -0.3 is 5.11 Å². The molecule has 0 aliphatic carbocycles. The number of hydrogen-bond donors (Lipinski definition) is 1. The van der Waals surface area contributed by atoms with Crippen molar-refractivity contribution in [1.29, 1.82) is 5.26 Å². The second-order valence-electron chi connectivity index (χ2n) is 2.61. The molecule has 0 amide bonds. The fraction of sp³-hybridized carbons (Fsp3) is 0. The number of aromatic hydroxyl groups is 1. The van der Waals surface area contributed by atoms with Crippen LogP contribution in [0.25, 0.3) is 10.9 Å². The number of rotatable bonds is 0. The van der Waals surface area contributed by atoms with Crippen LogP contribution in [0.2, 0.25) is 0 Å². The van der Waals surface area contributed by atoms with Gasteiger partial charge in [-0.25, -0.2) is 4.98 Å². The maximum absolute atomic E-state index is 9.61. The summed E-state index contributed by atoms with van der Waals surface area (Å²) >= 11 is 3.21. The van der Waals surface area contributed by atoms with E-state index in [2.05, 4.69) is 25.9 Å². The quantitative estimate of drug-likeness (QED) is 0.725. The van der Waals surface area contributed by atoms with Crippen molar-refractivity contribution in [2.45, 2.75) is 0 Å².